The molecule has 0 amide bonds. The Kier molecular flexibility index (Phi) is 4.38. The van der Waals surface area contributed by atoms with E-state index < -0.39 is 0 Å². The molecule has 0 saturated heterocycles. The second-order valence-electron chi connectivity index (χ2n) is 14.9. The summed E-state index contributed by atoms with van der Waals surface area (Å²) in [6.07, 6.45) is 14.6. The molecule has 0 unspecified atom stereocenters. The number of rotatable bonds is 0. The van der Waals surface area contributed by atoms with Crippen LogP contribution in [0.5, 0.6) is 0 Å². The summed E-state index contributed by atoms with van der Waals surface area (Å²) in [5, 5.41) is 0. The molecule has 0 spiro atoms. The van der Waals surface area contributed by atoms with Gasteiger partial charge in [-0.2, -0.15) is 0 Å². The molecule has 0 aromatic heterocycles. The second-order valence-corrected chi connectivity index (χ2v) is 14.9. The Bertz CT molecular complexity index is 939. The van der Waals surface area contributed by atoms with E-state index in [0.717, 1.165) is 23.7 Å². The summed E-state index contributed by atoms with van der Waals surface area (Å²) in [5.74, 6) is 3.56. The van der Waals surface area contributed by atoms with Crippen molar-refractivity contribution in [2.75, 3.05) is 0 Å². The molecule has 0 radical (unpaired) electrons. The zero-order valence-corrected chi connectivity index (χ0v) is 22.1. The number of benzene rings is 1. The van der Waals surface area contributed by atoms with Gasteiger partial charge in [0.25, 0.3) is 0 Å². The summed E-state index contributed by atoms with van der Waals surface area (Å²) in [5.41, 5.74) is 7.62. The van der Waals surface area contributed by atoms with Gasteiger partial charge >= 0.3 is 0 Å². The predicted octanol–water partition coefficient (Wildman–Crippen LogP) is 9.10. The SMILES string of the molecule is Cc1cccc2c1[C@H]1CC[C@]3(C)[C@H](CC[C@@H]4[C@@]5(C)CCCC(C)(C)[C@@H]5CC[C@]43C)[C@@]1(C)C2. The van der Waals surface area contributed by atoms with E-state index in [2.05, 4.69) is 66.7 Å². The van der Waals surface area contributed by atoms with Crippen molar-refractivity contribution in [2.45, 2.75) is 119 Å². The van der Waals surface area contributed by atoms with E-state index in [4.69, 9.17) is 0 Å². The van der Waals surface area contributed by atoms with Gasteiger partial charge in [0.1, 0.15) is 0 Å². The van der Waals surface area contributed by atoms with Gasteiger partial charge in [0.15, 0.2) is 0 Å². The quantitative estimate of drug-likeness (QED) is 0.383. The molecule has 176 valence electrons. The first kappa shape index (κ1) is 21.7. The van der Waals surface area contributed by atoms with Crippen molar-refractivity contribution in [3.8, 4) is 0 Å². The van der Waals surface area contributed by atoms with E-state index in [1.807, 2.05) is 0 Å². The Morgan fingerprint density at radius 1 is 0.688 bits per heavy atom. The van der Waals surface area contributed by atoms with Crippen LogP contribution in [0.4, 0.5) is 0 Å². The summed E-state index contributed by atoms with van der Waals surface area (Å²) >= 11 is 0. The van der Waals surface area contributed by atoms with E-state index in [0.29, 0.717) is 27.1 Å². The highest BCUT2D eigenvalue weighted by Gasteiger charge is 2.69. The minimum absolute atomic E-state index is 0.471. The number of aryl methyl sites for hydroxylation is 1. The van der Waals surface area contributed by atoms with Crippen molar-refractivity contribution in [1.29, 1.82) is 0 Å². The maximum Gasteiger partial charge on any atom is -0.00964 e. The average Bonchev–Trinajstić information content (AvgIpc) is 3.01. The van der Waals surface area contributed by atoms with Gasteiger partial charge in [-0.15, -0.1) is 0 Å². The molecule has 0 nitrogen and oxygen atoms in total. The van der Waals surface area contributed by atoms with E-state index >= 15 is 0 Å². The monoisotopic (exact) mass is 432 g/mol. The maximum absolute atomic E-state index is 2.80. The van der Waals surface area contributed by atoms with Gasteiger partial charge in [0, 0.05) is 0 Å². The summed E-state index contributed by atoms with van der Waals surface area (Å²) in [6.45, 7) is 18.7. The molecule has 1 aromatic carbocycles. The molecular weight excluding hydrogens is 384 g/mol. The van der Waals surface area contributed by atoms with E-state index in [-0.39, 0.29) is 0 Å². The Balaban J connectivity index is 1.41. The van der Waals surface area contributed by atoms with Crippen LogP contribution in [0.3, 0.4) is 0 Å². The van der Waals surface area contributed by atoms with Crippen molar-refractivity contribution >= 4 is 0 Å². The van der Waals surface area contributed by atoms with Gasteiger partial charge in [-0.05, 0) is 132 Å². The topological polar surface area (TPSA) is 0 Å². The molecule has 8 atom stereocenters. The van der Waals surface area contributed by atoms with Crippen LogP contribution in [0.15, 0.2) is 18.2 Å². The lowest BCUT2D eigenvalue weighted by Gasteiger charge is -2.73. The fraction of sp³-hybridized carbons (Fsp3) is 0.812. The van der Waals surface area contributed by atoms with Gasteiger partial charge in [0.2, 0.25) is 0 Å². The van der Waals surface area contributed by atoms with E-state index in [1.165, 1.54) is 64.2 Å². The van der Waals surface area contributed by atoms with Crippen LogP contribution in [-0.4, -0.2) is 0 Å². The minimum Gasteiger partial charge on any atom is -0.0617 e. The lowest BCUT2D eigenvalue weighted by molar-refractivity contribution is -0.235. The molecule has 32 heavy (non-hydrogen) atoms. The number of hydrogen-bond acceptors (Lipinski definition) is 0. The molecular formula is C32H48. The molecule has 1 aromatic rings. The normalized spacial score (nSPS) is 51.1. The summed E-state index contributed by atoms with van der Waals surface area (Å²) in [6, 6.07) is 7.16. The molecule has 5 aliphatic carbocycles. The van der Waals surface area contributed by atoms with Crippen LogP contribution in [0.2, 0.25) is 0 Å². The lowest BCUT2D eigenvalue weighted by Crippen LogP contribution is -2.65. The Morgan fingerprint density at radius 2 is 1.34 bits per heavy atom. The second kappa shape index (κ2) is 6.46. The van der Waals surface area contributed by atoms with Gasteiger partial charge in [-0.25, -0.2) is 0 Å². The first-order chi connectivity index (χ1) is 15.0. The Hall–Kier alpha value is -0.780. The molecule has 0 heterocycles. The zero-order chi connectivity index (χ0) is 22.7. The number of hydrogen-bond donors (Lipinski definition) is 0. The minimum atomic E-state index is 0.471. The fourth-order valence-corrected chi connectivity index (χ4v) is 12.1. The first-order valence-electron chi connectivity index (χ1n) is 14.1. The molecule has 0 bridgehead atoms. The molecule has 5 aliphatic rings. The van der Waals surface area contributed by atoms with Crippen molar-refractivity contribution < 1.29 is 0 Å². The summed E-state index contributed by atoms with van der Waals surface area (Å²) in [4.78, 5) is 0. The highest BCUT2D eigenvalue weighted by atomic mass is 14.7. The van der Waals surface area contributed by atoms with E-state index in [9.17, 15) is 0 Å². The fourth-order valence-electron chi connectivity index (χ4n) is 12.1. The first-order valence-corrected chi connectivity index (χ1v) is 14.1. The van der Waals surface area contributed by atoms with Gasteiger partial charge in [-0.3, -0.25) is 0 Å². The molecule has 0 aliphatic heterocycles. The zero-order valence-electron chi connectivity index (χ0n) is 22.1. The van der Waals surface area contributed by atoms with Crippen molar-refractivity contribution in [1.82, 2.24) is 0 Å². The van der Waals surface area contributed by atoms with Crippen LogP contribution < -0.4 is 0 Å². The summed E-state index contributed by atoms with van der Waals surface area (Å²) < 4.78 is 0. The third-order valence-corrected chi connectivity index (χ3v) is 13.5. The van der Waals surface area contributed by atoms with Crippen LogP contribution in [0.1, 0.15) is 122 Å². The molecule has 4 saturated carbocycles. The summed E-state index contributed by atoms with van der Waals surface area (Å²) in [7, 11) is 0. The van der Waals surface area contributed by atoms with Crippen molar-refractivity contribution in [3.05, 3.63) is 34.9 Å². The van der Waals surface area contributed by atoms with Crippen LogP contribution in [-0.2, 0) is 6.42 Å². The van der Waals surface area contributed by atoms with Gasteiger partial charge in [0.05, 0.1) is 0 Å². The molecule has 4 fully saturated rings. The Morgan fingerprint density at radius 3 is 2.06 bits per heavy atom. The van der Waals surface area contributed by atoms with Crippen LogP contribution in [0.25, 0.3) is 0 Å². The third kappa shape index (κ3) is 2.41. The number of fused-ring (bicyclic) bond motifs is 9. The van der Waals surface area contributed by atoms with Gasteiger partial charge in [-0.1, -0.05) is 66.2 Å². The van der Waals surface area contributed by atoms with Crippen molar-refractivity contribution in [3.63, 3.8) is 0 Å². The highest BCUT2D eigenvalue weighted by Crippen LogP contribution is 2.77. The maximum atomic E-state index is 2.80. The smallest absolute Gasteiger partial charge is 0.00964 e. The van der Waals surface area contributed by atoms with E-state index in [1.54, 1.807) is 16.7 Å². The van der Waals surface area contributed by atoms with Crippen LogP contribution >= 0.6 is 0 Å². The Labute approximate surface area is 198 Å². The predicted molar refractivity (Wildman–Crippen MR) is 136 cm³/mol. The largest absolute Gasteiger partial charge is 0.0617 e. The molecule has 6 rings (SSSR count). The van der Waals surface area contributed by atoms with Crippen molar-refractivity contribution in [2.24, 2.45) is 44.8 Å². The molecule has 0 N–H and O–H groups in total. The van der Waals surface area contributed by atoms with Gasteiger partial charge < -0.3 is 0 Å². The van der Waals surface area contributed by atoms with Crippen LogP contribution in [0, 0.1) is 51.8 Å². The standard InChI is InChI=1S/C32H48/c1-21-10-8-11-22-20-30(5)23(27(21)22)14-18-31(6)26(30)13-12-25-29(4)17-9-16-28(2,3)24(29)15-19-32(25,31)7/h8,10-11,23-26H,9,12-20H2,1-7H3/t23-,24+,25-,26-,29+,30+,31-,32-/m1/s1. The highest BCUT2D eigenvalue weighted by molar-refractivity contribution is 5.45. The average molecular weight is 433 g/mol. The molecule has 0 heteroatoms. The lowest BCUT2D eigenvalue weighted by atomic mass is 9.32. The third-order valence-electron chi connectivity index (χ3n) is 13.5.